The lowest BCUT2D eigenvalue weighted by molar-refractivity contribution is 0.633. The minimum Gasteiger partial charge on any atom is -0.355 e. The number of nitrogens with one attached hydrogen (secondary N) is 1. The molecule has 6 aliphatic rings. The number of fused-ring (bicyclic) bond motifs is 32. The molecule has 26 rings (SSSR count). The molecule has 596 valence electrons. The van der Waals surface area contributed by atoms with Crippen molar-refractivity contribution < 1.29 is 0 Å². The molecule has 3 heteroatoms. The molecule has 0 aliphatic heterocycles. The number of benzene rings is 20. The molecule has 0 atom stereocenters. The van der Waals surface area contributed by atoms with E-state index >= 15 is 0 Å². The van der Waals surface area contributed by atoms with E-state index in [9.17, 15) is 0 Å². The van der Waals surface area contributed by atoms with Crippen molar-refractivity contribution in [2.45, 2.75) is 21.7 Å². The van der Waals surface area contributed by atoms with Crippen LogP contribution in [0, 0.1) is 0 Å². The Kier molecular flexibility index (Phi) is 17.9. The molecule has 20 aromatic rings. The molecule has 0 heterocycles. The van der Waals surface area contributed by atoms with Crippen molar-refractivity contribution in [3.63, 3.8) is 0 Å². The Bertz CT molecular complexity index is 7500. The summed E-state index contributed by atoms with van der Waals surface area (Å²) in [6.07, 6.45) is 0. The number of hydrogen-bond donors (Lipinski definition) is 1. The molecule has 0 bridgehead atoms. The van der Waals surface area contributed by atoms with Crippen molar-refractivity contribution in [2.24, 2.45) is 0 Å². The summed E-state index contributed by atoms with van der Waals surface area (Å²) in [5.74, 6) is 0. The lowest BCUT2D eigenvalue weighted by atomic mass is 9.52. The second kappa shape index (κ2) is 30.4. The summed E-state index contributed by atoms with van der Waals surface area (Å²) in [6, 6.07) is 182. The van der Waals surface area contributed by atoms with Gasteiger partial charge in [-0.15, -0.1) is 0 Å². The van der Waals surface area contributed by atoms with E-state index in [1.807, 2.05) is 12.1 Å². The maximum atomic E-state index is 7.43. The van der Waals surface area contributed by atoms with Crippen LogP contribution in [0.2, 0.25) is 5.02 Å². The Morgan fingerprint density at radius 3 is 0.811 bits per heavy atom. The van der Waals surface area contributed by atoms with E-state index in [0.29, 0.717) is 0 Å². The molecule has 0 fully saturated rings. The summed E-state index contributed by atoms with van der Waals surface area (Å²) in [7, 11) is 0. The first-order chi connectivity index (χ1) is 63.0. The summed E-state index contributed by atoms with van der Waals surface area (Å²) >= 11 is 7.43. The van der Waals surface area contributed by atoms with E-state index in [4.69, 9.17) is 11.6 Å². The van der Waals surface area contributed by atoms with Crippen LogP contribution in [-0.2, 0) is 21.7 Å². The van der Waals surface area contributed by atoms with E-state index < -0.39 is 21.7 Å². The molecular weight excluding hydrogens is 1550 g/mol. The zero-order chi connectivity index (χ0) is 84.2. The molecule has 0 radical (unpaired) electrons. The Morgan fingerprint density at radius 1 is 0.165 bits per heavy atom. The first-order valence-corrected chi connectivity index (χ1v) is 44.4. The molecular formula is C124H83ClN2. The number of rotatable bonds is 9. The third-order valence-electron chi connectivity index (χ3n) is 27.9. The summed E-state index contributed by atoms with van der Waals surface area (Å²) in [6.45, 7) is 0. The topological polar surface area (TPSA) is 15.3 Å². The van der Waals surface area contributed by atoms with Crippen molar-refractivity contribution in [1.29, 1.82) is 0 Å². The summed E-state index contributed by atoms with van der Waals surface area (Å²) in [5.41, 5.74) is 44.3. The molecule has 0 saturated carbocycles. The molecule has 0 aromatic heterocycles. The predicted molar refractivity (Wildman–Crippen MR) is 527 cm³/mol. The minimum atomic E-state index is -0.655. The van der Waals surface area contributed by atoms with Gasteiger partial charge in [-0.3, -0.25) is 0 Å². The smallest absolute Gasteiger partial charge is 0.0740 e. The summed E-state index contributed by atoms with van der Waals surface area (Å²) in [5, 5.41) is 4.36. The third kappa shape index (κ3) is 11.2. The molecule has 20 aromatic carbocycles. The molecule has 0 unspecified atom stereocenters. The van der Waals surface area contributed by atoms with Gasteiger partial charge in [-0.1, -0.05) is 461 Å². The standard InChI is InChI=1S/C62H41N.C38H23Cl.C24H19N/c1-3-20-42(21-4-1)43-38-40-45(41-39-43)63(58-36-18-11-24-46(58)44-22-5-2-6-23-44)59-37-19-35-57-60(59)62(53-31-14-9-27-49(53)50-28-10-15-32-54(50)62)56-34-17-16-33-55(56)61(57)51-29-12-7-25-47(51)48-26-8-13-30-52(48)61;39-35-23-11-22-34-36(35)38(30-18-7-3-14-26(30)27-15-4-8-19-31(27)38)33-21-10-9-20-32(33)37(34)28-16-5-1-12-24(28)25-13-2-6-17-29(25)37;1-3-9-19(10-4-1)20-15-17-22(18-16-20)25-24-14-8-7-13-23(24)21-11-5-2-6-12-21/h1-41H;1-23H;1-18,25H. The maximum absolute atomic E-state index is 7.43. The van der Waals surface area contributed by atoms with Crippen LogP contribution in [0.15, 0.2) is 497 Å². The van der Waals surface area contributed by atoms with Crippen LogP contribution >= 0.6 is 11.6 Å². The zero-order valence-corrected chi connectivity index (χ0v) is 70.4. The van der Waals surface area contributed by atoms with Gasteiger partial charge in [0.25, 0.3) is 0 Å². The van der Waals surface area contributed by atoms with Gasteiger partial charge in [0.15, 0.2) is 0 Å². The van der Waals surface area contributed by atoms with Crippen LogP contribution in [0.3, 0.4) is 0 Å². The second-order valence-corrected chi connectivity index (χ2v) is 34.3. The molecule has 2 nitrogen and oxygen atoms in total. The molecule has 0 saturated heterocycles. The highest BCUT2D eigenvalue weighted by Gasteiger charge is 2.62. The second-order valence-electron chi connectivity index (χ2n) is 33.9. The fourth-order valence-corrected chi connectivity index (χ4v) is 23.4. The van der Waals surface area contributed by atoms with Gasteiger partial charge in [0.05, 0.1) is 33.0 Å². The average Bonchev–Trinajstić information content (AvgIpc) is 1.53. The summed E-state index contributed by atoms with van der Waals surface area (Å²) in [4.78, 5) is 2.57. The van der Waals surface area contributed by atoms with Crippen molar-refractivity contribution in [3.8, 4) is 89.0 Å². The van der Waals surface area contributed by atoms with Crippen LogP contribution in [-0.4, -0.2) is 0 Å². The molecule has 1 N–H and O–H groups in total. The minimum absolute atomic E-state index is 0.457. The van der Waals surface area contributed by atoms with E-state index in [1.54, 1.807) is 0 Å². The number of anilines is 5. The largest absolute Gasteiger partial charge is 0.355 e. The third-order valence-corrected chi connectivity index (χ3v) is 28.2. The number of para-hydroxylation sites is 2. The monoisotopic (exact) mass is 1630 g/mol. The molecule has 0 amide bonds. The van der Waals surface area contributed by atoms with Crippen LogP contribution in [0.25, 0.3) is 89.0 Å². The average molecular weight is 1640 g/mol. The zero-order valence-electron chi connectivity index (χ0n) is 69.7. The van der Waals surface area contributed by atoms with Gasteiger partial charge >= 0.3 is 0 Å². The molecule has 4 spiro atoms. The number of halogens is 1. The van der Waals surface area contributed by atoms with Crippen molar-refractivity contribution in [2.75, 3.05) is 10.2 Å². The first-order valence-electron chi connectivity index (χ1n) is 44.1. The van der Waals surface area contributed by atoms with Gasteiger partial charge in [-0.2, -0.15) is 0 Å². The normalized spacial score (nSPS) is 13.8. The quantitative estimate of drug-likeness (QED) is 0.155. The highest BCUT2D eigenvalue weighted by atomic mass is 35.5. The van der Waals surface area contributed by atoms with Crippen LogP contribution in [0.4, 0.5) is 28.4 Å². The van der Waals surface area contributed by atoms with E-state index in [2.05, 4.69) is 496 Å². The Balaban J connectivity index is 0.000000119. The number of nitrogens with zero attached hydrogens (tertiary/aromatic N) is 1. The maximum Gasteiger partial charge on any atom is 0.0740 e. The van der Waals surface area contributed by atoms with Crippen LogP contribution < -0.4 is 10.2 Å². The Hall–Kier alpha value is -15.7. The highest BCUT2D eigenvalue weighted by Crippen LogP contribution is 2.72. The number of hydrogen-bond acceptors (Lipinski definition) is 2. The van der Waals surface area contributed by atoms with Gasteiger partial charge in [0.1, 0.15) is 0 Å². The van der Waals surface area contributed by atoms with Crippen LogP contribution in [0.5, 0.6) is 0 Å². The fraction of sp³-hybridized carbons (Fsp3) is 0.0323. The Labute approximate surface area is 747 Å². The van der Waals surface area contributed by atoms with Gasteiger partial charge in [-0.25, -0.2) is 0 Å². The fourth-order valence-electron chi connectivity index (χ4n) is 23.1. The van der Waals surface area contributed by atoms with Gasteiger partial charge in [-0.05, 0) is 210 Å². The predicted octanol–water partition coefficient (Wildman–Crippen LogP) is 31.7. The molecule has 127 heavy (non-hydrogen) atoms. The Morgan fingerprint density at radius 2 is 0.417 bits per heavy atom. The molecule has 6 aliphatic carbocycles. The SMILES string of the molecule is Clc1cccc2c1C1(c3ccccc3-c3ccccc31)c1ccccc1C21c2ccccc2-c2ccccc21.c1ccc(-c2ccc(N(c3ccccc3-c3ccccc3)c3cccc4c3C3(c5ccccc5-c5ccccc53)c3ccccc3C43c4ccccc4-c4ccccc43)cc2)cc1.c1ccc(-c2ccc(Nc3ccccc3-c3ccccc3)cc2)cc1. The lowest BCUT2D eigenvalue weighted by Crippen LogP contribution is -2.44. The van der Waals surface area contributed by atoms with Gasteiger partial charge < -0.3 is 10.2 Å². The van der Waals surface area contributed by atoms with Crippen LogP contribution in [0.1, 0.15) is 89.0 Å². The van der Waals surface area contributed by atoms with E-state index in [1.165, 1.54) is 178 Å². The van der Waals surface area contributed by atoms with Crippen molar-refractivity contribution >= 4 is 40.0 Å². The highest BCUT2D eigenvalue weighted by molar-refractivity contribution is 6.32. The lowest BCUT2D eigenvalue weighted by Gasteiger charge is -2.50. The van der Waals surface area contributed by atoms with E-state index in [-0.39, 0.29) is 0 Å². The van der Waals surface area contributed by atoms with E-state index in [0.717, 1.165) is 33.5 Å². The van der Waals surface area contributed by atoms with Crippen molar-refractivity contribution in [3.05, 3.63) is 591 Å². The van der Waals surface area contributed by atoms with Gasteiger partial charge in [0.2, 0.25) is 0 Å². The van der Waals surface area contributed by atoms with Crippen molar-refractivity contribution in [1.82, 2.24) is 0 Å². The van der Waals surface area contributed by atoms with Gasteiger partial charge in [0, 0.05) is 38.8 Å². The summed E-state index contributed by atoms with van der Waals surface area (Å²) < 4.78 is 0. The first kappa shape index (κ1) is 75.1.